The molecule has 4 nitrogen and oxygen atoms in total. The van der Waals surface area contributed by atoms with Crippen LogP contribution in [0, 0.1) is 0 Å². The monoisotopic (exact) mass is 274 g/mol. The number of hydrogen-bond donors (Lipinski definition) is 0. The summed E-state index contributed by atoms with van der Waals surface area (Å²) in [6, 6.07) is 4.92. The molecule has 0 unspecified atom stereocenters. The van der Waals surface area contributed by atoms with E-state index in [2.05, 4.69) is 6.58 Å². The Morgan fingerprint density at radius 1 is 1.25 bits per heavy atom. The van der Waals surface area contributed by atoms with E-state index in [4.69, 9.17) is 13.9 Å². The topological polar surface area (TPSA) is 48.7 Å². The fraction of sp³-hybridized carbons (Fsp3) is 0.312. The van der Waals surface area contributed by atoms with Crippen molar-refractivity contribution in [1.82, 2.24) is 0 Å². The number of ether oxygens (including phenoxy) is 2. The van der Waals surface area contributed by atoms with Gasteiger partial charge in [0, 0.05) is 17.7 Å². The first-order chi connectivity index (χ1) is 9.56. The summed E-state index contributed by atoms with van der Waals surface area (Å²) < 4.78 is 16.1. The van der Waals surface area contributed by atoms with Crippen molar-refractivity contribution in [2.75, 3.05) is 14.2 Å². The van der Waals surface area contributed by atoms with Gasteiger partial charge in [-0.2, -0.15) is 0 Å². The summed E-state index contributed by atoms with van der Waals surface area (Å²) in [5, 5.41) is 0.768. The molecule has 0 N–H and O–H groups in total. The molecule has 0 fully saturated rings. The first kappa shape index (κ1) is 14.2. The largest absolute Gasteiger partial charge is 0.496 e. The maximum absolute atomic E-state index is 11.5. The highest BCUT2D eigenvalue weighted by atomic mass is 16.5. The Balaban J connectivity index is 2.71. The third-order valence-corrected chi connectivity index (χ3v) is 3.17. The Kier molecular flexibility index (Phi) is 4.13. The van der Waals surface area contributed by atoms with Crippen LogP contribution < -0.4 is 15.1 Å². The number of hydrogen-bond acceptors (Lipinski definition) is 4. The Hall–Kier alpha value is -2.23. The van der Waals surface area contributed by atoms with Crippen LogP contribution in [0.3, 0.4) is 0 Å². The second-order valence-corrected chi connectivity index (χ2v) is 4.71. The van der Waals surface area contributed by atoms with E-state index in [1.807, 2.05) is 13.0 Å². The summed E-state index contributed by atoms with van der Waals surface area (Å²) in [5.74, 6) is 1.28. The lowest BCUT2D eigenvalue weighted by Crippen LogP contribution is -2.01. The Bertz CT molecular complexity index is 697. The second kappa shape index (κ2) is 5.82. The normalized spacial score (nSPS) is 10.6. The summed E-state index contributed by atoms with van der Waals surface area (Å²) in [7, 11) is 3.17. The molecule has 1 aromatic heterocycles. The highest BCUT2D eigenvalue weighted by molar-refractivity contribution is 5.88. The number of methoxy groups -OCH3 is 2. The van der Waals surface area contributed by atoms with Gasteiger partial charge in [-0.15, -0.1) is 6.58 Å². The van der Waals surface area contributed by atoms with Gasteiger partial charge in [0.15, 0.2) is 0 Å². The van der Waals surface area contributed by atoms with E-state index in [-0.39, 0.29) is 5.63 Å². The summed E-state index contributed by atoms with van der Waals surface area (Å²) in [6.07, 6.45) is 1.50. The number of fused-ring (bicyclic) bond motifs is 1. The van der Waals surface area contributed by atoms with Gasteiger partial charge in [0.1, 0.15) is 17.1 Å². The van der Waals surface area contributed by atoms with Crippen LogP contribution in [0.4, 0.5) is 0 Å². The molecule has 2 aromatic rings. The number of benzene rings is 1. The maximum Gasteiger partial charge on any atom is 0.336 e. The molecule has 0 aliphatic heterocycles. The summed E-state index contributed by atoms with van der Waals surface area (Å²) >= 11 is 0. The van der Waals surface area contributed by atoms with Crippen LogP contribution in [-0.4, -0.2) is 14.2 Å². The van der Waals surface area contributed by atoms with Crippen LogP contribution in [0.15, 0.2) is 39.6 Å². The van der Waals surface area contributed by atoms with Crippen LogP contribution in [0.1, 0.15) is 18.9 Å². The van der Waals surface area contributed by atoms with Crippen molar-refractivity contribution in [3.63, 3.8) is 0 Å². The molecule has 4 heteroatoms. The van der Waals surface area contributed by atoms with Crippen molar-refractivity contribution in [2.45, 2.75) is 19.8 Å². The van der Waals surface area contributed by atoms with Crippen molar-refractivity contribution in [3.8, 4) is 11.5 Å². The van der Waals surface area contributed by atoms with E-state index in [9.17, 15) is 4.79 Å². The summed E-state index contributed by atoms with van der Waals surface area (Å²) in [6.45, 7) is 5.87. The lowest BCUT2D eigenvalue weighted by atomic mass is 10.0. The minimum absolute atomic E-state index is 0.385. The zero-order valence-electron chi connectivity index (χ0n) is 12.0. The van der Waals surface area contributed by atoms with Gasteiger partial charge in [0.05, 0.1) is 19.6 Å². The Morgan fingerprint density at radius 3 is 2.55 bits per heavy atom. The number of rotatable bonds is 5. The zero-order chi connectivity index (χ0) is 14.7. The molecule has 1 heterocycles. The van der Waals surface area contributed by atoms with Gasteiger partial charge in [-0.05, 0) is 25.8 Å². The molecule has 0 bridgehead atoms. The smallest absolute Gasteiger partial charge is 0.336 e. The summed E-state index contributed by atoms with van der Waals surface area (Å²) in [5.41, 5.74) is 2.07. The average Bonchev–Trinajstić information content (AvgIpc) is 2.43. The van der Waals surface area contributed by atoms with Crippen molar-refractivity contribution >= 4 is 11.0 Å². The maximum atomic E-state index is 11.5. The molecular formula is C16H18O4. The van der Waals surface area contributed by atoms with Crippen LogP contribution in [0.2, 0.25) is 0 Å². The highest BCUT2D eigenvalue weighted by Gasteiger charge is 2.15. The van der Waals surface area contributed by atoms with Gasteiger partial charge in [-0.1, -0.05) is 5.57 Å². The van der Waals surface area contributed by atoms with Crippen LogP contribution in [0.5, 0.6) is 11.5 Å². The van der Waals surface area contributed by atoms with Gasteiger partial charge in [-0.25, -0.2) is 4.79 Å². The fourth-order valence-electron chi connectivity index (χ4n) is 2.16. The third-order valence-electron chi connectivity index (χ3n) is 3.17. The lowest BCUT2D eigenvalue weighted by molar-refractivity contribution is 0.392. The minimum Gasteiger partial charge on any atom is -0.496 e. The SMILES string of the molecule is C=C(C)CCc1c(OC)cc(OC)c2ccc(=O)oc12. The second-order valence-electron chi connectivity index (χ2n) is 4.71. The van der Waals surface area contributed by atoms with Gasteiger partial charge in [0.25, 0.3) is 0 Å². The quantitative estimate of drug-likeness (QED) is 0.620. The molecule has 0 spiro atoms. The van der Waals surface area contributed by atoms with E-state index < -0.39 is 0 Å². The molecule has 1 aromatic carbocycles. The van der Waals surface area contributed by atoms with E-state index in [0.717, 1.165) is 22.9 Å². The molecule has 0 atom stereocenters. The van der Waals surface area contributed by atoms with Crippen LogP contribution in [0.25, 0.3) is 11.0 Å². The standard InChI is InChI=1S/C16H18O4/c1-10(2)5-6-11-13(18-3)9-14(19-4)12-7-8-15(17)20-16(11)12/h7-9H,1,5-6H2,2-4H3. The average molecular weight is 274 g/mol. The molecule has 2 rings (SSSR count). The van der Waals surface area contributed by atoms with Crippen molar-refractivity contribution in [2.24, 2.45) is 0 Å². The minimum atomic E-state index is -0.385. The fourth-order valence-corrected chi connectivity index (χ4v) is 2.16. The van der Waals surface area contributed by atoms with E-state index >= 15 is 0 Å². The lowest BCUT2D eigenvalue weighted by Gasteiger charge is -2.13. The van der Waals surface area contributed by atoms with Gasteiger partial charge in [-0.3, -0.25) is 0 Å². The molecule has 0 saturated carbocycles. The van der Waals surface area contributed by atoms with Gasteiger partial charge < -0.3 is 13.9 Å². The predicted octanol–water partition coefficient (Wildman–Crippen LogP) is 3.32. The third kappa shape index (κ3) is 2.69. The van der Waals surface area contributed by atoms with Crippen LogP contribution in [-0.2, 0) is 6.42 Å². The van der Waals surface area contributed by atoms with E-state index in [0.29, 0.717) is 23.5 Å². The Morgan fingerprint density at radius 2 is 1.95 bits per heavy atom. The molecular weight excluding hydrogens is 256 g/mol. The van der Waals surface area contributed by atoms with Gasteiger partial charge >= 0.3 is 5.63 Å². The first-order valence-corrected chi connectivity index (χ1v) is 6.39. The Labute approximate surface area is 117 Å². The molecule has 0 amide bonds. The zero-order valence-corrected chi connectivity index (χ0v) is 12.0. The molecule has 0 aliphatic rings. The first-order valence-electron chi connectivity index (χ1n) is 6.39. The summed E-state index contributed by atoms with van der Waals surface area (Å²) in [4.78, 5) is 11.5. The predicted molar refractivity (Wildman–Crippen MR) is 78.7 cm³/mol. The number of allylic oxidation sites excluding steroid dienone is 1. The highest BCUT2D eigenvalue weighted by Crippen LogP contribution is 2.36. The van der Waals surface area contributed by atoms with Gasteiger partial charge in [0.2, 0.25) is 0 Å². The molecule has 0 radical (unpaired) electrons. The van der Waals surface area contributed by atoms with Crippen molar-refractivity contribution in [1.29, 1.82) is 0 Å². The molecule has 0 aliphatic carbocycles. The molecule has 0 saturated heterocycles. The molecule has 106 valence electrons. The van der Waals surface area contributed by atoms with Crippen molar-refractivity contribution in [3.05, 3.63) is 46.3 Å². The number of aryl methyl sites for hydroxylation is 1. The van der Waals surface area contributed by atoms with E-state index in [1.165, 1.54) is 6.07 Å². The van der Waals surface area contributed by atoms with E-state index in [1.54, 1.807) is 20.3 Å². The van der Waals surface area contributed by atoms with Crippen molar-refractivity contribution < 1.29 is 13.9 Å². The van der Waals surface area contributed by atoms with Crippen LogP contribution >= 0.6 is 0 Å². The molecule has 20 heavy (non-hydrogen) atoms.